The van der Waals surface area contributed by atoms with Gasteiger partial charge in [0.15, 0.2) is 0 Å². The van der Waals surface area contributed by atoms with Crippen molar-refractivity contribution in [2.24, 2.45) is 0 Å². The zero-order chi connectivity index (χ0) is 17.5. The molecule has 1 aliphatic carbocycles. The van der Waals surface area contributed by atoms with E-state index in [9.17, 15) is 0 Å². The quantitative estimate of drug-likeness (QED) is 0.269. The predicted molar refractivity (Wildman–Crippen MR) is 113 cm³/mol. The first kappa shape index (κ1) is 18.7. The molecule has 0 saturated heterocycles. The molecule has 2 aromatic rings. The molecule has 2 heterocycles. The maximum absolute atomic E-state index is 6.08. The average molecular weight is 523 g/mol. The van der Waals surface area contributed by atoms with Crippen molar-refractivity contribution in [2.75, 3.05) is 13.7 Å². The molecule has 7 heteroatoms. The first-order chi connectivity index (χ1) is 11.3. The van der Waals surface area contributed by atoms with Gasteiger partial charge in [0.25, 0.3) is 0 Å². The molecule has 0 unspecified atom stereocenters. The molecule has 2 aromatic heterocycles. The summed E-state index contributed by atoms with van der Waals surface area (Å²) in [6.07, 6.45) is 4.46. The number of hydrogen-bond acceptors (Lipinski definition) is 3. The van der Waals surface area contributed by atoms with E-state index in [1.807, 2.05) is 6.20 Å². The number of aromatic nitrogens is 2. The van der Waals surface area contributed by atoms with Gasteiger partial charge in [-0.2, -0.15) is 0 Å². The molecule has 4 nitrogen and oxygen atoms in total. The van der Waals surface area contributed by atoms with Crippen LogP contribution >= 0.6 is 38.5 Å². The summed E-state index contributed by atoms with van der Waals surface area (Å²) in [4.78, 5) is 4.43. The fourth-order valence-corrected chi connectivity index (χ4v) is 5.40. The second kappa shape index (κ2) is 7.24. The number of methoxy groups -OCH3 is 1. The first-order valence-electron chi connectivity index (χ1n) is 8.31. The molecule has 0 bridgehead atoms. The Kier molecular flexibility index (Phi) is 5.63. The van der Waals surface area contributed by atoms with Gasteiger partial charge >= 0.3 is 0 Å². The summed E-state index contributed by atoms with van der Waals surface area (Å²) in [5.74, 6) is 1.28. The molecular weight excluding hydrogens is 499 g/mol. The molecule has 0 amide bonds. The highest BCUT2D eigenvalue weighted by Gasteiger charge is 2.32. The standard InChI is InChI=1S/C17H24BrIN2O2Si/c1-22-17-13(18)16-12(9-20-17)14(19)15(11-5-6-11)21(16)10-23-7-8-24(2,3)4/h9,11H,5-8,10H2,1-4H3. The highest BCUT2D eigenvalue weighted by molar-refractivity contribution is 14.1. The number of nitrogens with zero attached hydrogens (tertiary/aromatic N) is 2. The van der Waals surface area contributed by atoms with Crippen LogP contribution < -0.4 is 4.74 Å². The van der Waals surface area contributed by atoms with Crippen molar-refractivity contribution < 1.29 is 9.47 Å². The molecule has 0 aliphatic heterocycles. The molecule has 3 rings (SSSR count). The lowest BCUT2D eigenvalue weighted by molar-refractivity contribution is 0.0882. The van der Waals surface area contributed by atoms with Crippen LogP contribution in [0, 0.1) is 3.57 Å². The third-order valence-electron chi connectivity index (χ3n) is 4.36. The lowest BCUT2D eigenvalue weighted by atomic mass is 10.2. The number of hydrogen-bond donors (Lipinski definition) is 0. The maximum Gasteiger partial charge on any atom is 0.229 e. The van der Waals surface area contributed by atoms with Crippen molar-refractivity contribution in [3.8, 4) is 5.88 Å². The molecule has 0 N–H and O–H groups in total. The van der Waals surface area contributed by atoms with E-state index in [1.54, 1.807) is 7.11 Å². The summed E-state index contributed by atoms with van der Waals surface area (Å²) in [5, 5.41) is 1.18. The molecule has 0 radical (unpaired) electrons. The fourth-order valence-electron chi connectivity index (χ4n) is 2.83. The second-order valence-electron chi connectivity index (χ2n) is 7.59. The average Bonchev–Trinajstić information content (AvgIpc) is 3.29. The van der Waals surface area contributed by atoms with Crippen LogP contribution in [0.5, 0.6) is 5.88 Å². The van der Waals surface area contributed by atoms with Crippen LogP contribution in [0.4, 0.5) is 0 Å². The number of rotatable bonds is 7. The van der Waals surface area contributed by atoms with Crippen LogP contribution in [0.25, 0.3) is 10.9 Å². The monoisotopic (exact) mass is 522 g/mol. The van der Waals surface area contributed by atoms with Crippen LogP contribution in [-0.4, -0.2) is 31.3 Å². The van der Waals surface area contributed by atoms with Gasteiger partial charge in [-0.1, -0.05) is 19.6 Å². The third kappa shape index (κ3) is 3.83. The predicted octanol–water partition coefficient (Wildman–Crippen LogP) is 5.60. The van der Waals surface area contributed by atoms with Crippen LogP contribution in [-0.2, 0) is 11.5 Å². The van der Waals surface area contributed by atoms with E-state index in [2.05, 4.69) is 67.7 Å². The topological polar surface area (TPSA) is 36.3 Å². The van der Waals surface area contributed by atoms with Crippen molar-refractivity contribution in [1.29, 1.82) is 0 Å². The van der Waals surface area contributed by atoms with E-state index in [4.69, 9.17) is 9.47 Å². The van der Waals surface area contributed by atoms with Crippen LogP contribution in [0.15, 0.2) is 10.7 Å². The SMILES string of the molecule is COc1ncc2c(I)c(C3CC3)n(COCC[Si](C)(C)C)c2c1Br. The Hall–Kier alpha value is -0.123. The molecule has 0 aromatic carbocycles. The molecule has 1 fully saturated rings. The molecule has 1 aliphatic rings. The number of pyridine rings is 1. The van der Waals surface area contributed by atoms with Crippen LogP contribution in [0.3, 0.4) is 0 Å². The molecule has 1 saturated carbocycles. The molecule has 24 heavy (non-hydrogen) atoms. The Labute approximate surface area is 166 Å². The Bertz CT molecular complexity index is 753. The Balaban J connectivity index is 1.96. The van der Waals surface area contributed by atoms with Gasteiger partial charge < -0.3 is 14.0 Å². The van der Waals surface area contributed by atoms with Crippen LogP contribution in [0.2, 0.25) is 25.7 Å². The first-order valence-corrected chi connectivity index (χ1v) is 13.9. The zero-order valence-corrected chi connectivity index (χ0v) is 19.4. The summed E-state index contributed by atoms with van der Waals surface area (Å²) >= 11 is 6.15. The summed E-state index contributed by atoms with van der Waals surface area (Å²) in [5.41, 5.74) is 2.54. The largest absolute Gasteiger partial charge is 0.480 e. The van der Waals surface area contributed by atoms with Crippen molar-refractivity contribution in [2.45, 2.75) is 51.2 Å². The van der Waals surface area contributed by atoms with Gasteiger partial charge in [-0.3, -0.25) is 0 Å². The fraction of sp³-hybridized carbons (Fsp3) is 0.588. The summed E-state index contributed by atoms with van der Waals surface area (Å²) in [7, 11) is 0.589. The van der Waals surface area contributed by atoms with E-state index in [0.29, 0.717) is 18.5 Å². The van der Waals surface area contributed by atoms with E-state index in [1.165, 1.54) is 33.5 Å². The lowest BCUT2D eigenvalue weighted by Gasteiger charge is -2.17. The van der Waals surface area contributed by atoms with Crippen LogP contribution in [0.1, 0.15) is 24.5 Å². The summed E-state index contributed by atoms with van der Waals surface area (Å²) < 4.78 is 16.0. The van der Waals surface area contributed by atoms with Gasteiger partial charge in [-0.05, 0) is 57.4 Å². The third-order valence-corrected chi connectivity index (χ3v) is 7.91. The van der Waals surface area contributed by atoms with Gasteiger partial charge in [0.05, 0.1) is 12.6 Å². The van der Waals surface area contributed by atoms with Crippen molar-refractivity contribution in [3.05, 3.63) is 19.9 Å². The van der Waals surface area contributed by atoms with Gasteiger partial charge in [0.2, 0.25) is 5.88 Å². The van der Waals surface area contributed by atoms with Crippen molar-refractivity contribution in [1.82, 2.24) is 9.55 Å². The van der Waals surface area contributed by atoms with Gasteiger partial charge in [-0.15, -0.1) is 0 Å². The van der Waals surface area contributed by atoms with E-state index in [0.717, 1.165) is 16.6 Å². The minimum Gasteiger partial charge on any atom is -0.480 e. The Morgan fingerprint density at radius 1 is 1.38 bits per heavy atom. The van der Waals surface area contributed by atoms with Gasteiger partial charge in [-0.25, -0.2) is 4.98 Å². The number of ether oxygens (including phenoxy) is 2. The van der Waals surface area contributed by atoms with E-state index >= 15 is 0 Å². The van der Waals surface area contributed by atoms with E-state index < -0.39 is 8.07 Å². The van der Waals surface area contributed by atoms with Gasteiger partial charge in [0, 0.05) is 41.4 Å². The Morgan fingerprint density at radius 3 is 2.67 bits per heavy atom. The lowest BCUT2D eigenvalue weighted by Crippen LogP contribution is -2.22. The smallest absolute Gasteiger partial charge is 0.229 e. The minimum absolute atomic E-state index is 0.599. The Morgan fingerprint density at radius 2 is 2.08 bits per heavy atom. The molecular formula is C17H24BrIN2O2Si. The van der Waals surface area contributed by atoms with Crippen molar-refractivity contribution in [3.63, 3.8) is 0 Å². The van der Waals surface area contributed by atoms with Crippen molar-refractivity contribution >= 4 is 57.5 Å². The summed E-state index contributed by atoms with van der Waals surface area (Å²) in [6, 6.07) is 1.19. The zero-order valence-electron chi connectivity index (χ0n) is 14.7. The maximum atomic E-state index is 6.08. The minimum atomic E-state index is -1.07. The second-order valence-corrected chi connectivity index (χ2v) is 15.1. The molecule has 132 valence electrons. The van der Waals surface area contributed by atoms with Gasteiger partial charge in [0.1, 0.15) is 11.2 Å². The van der Waals surface area contributed by atoms with E-state index in [-0.39, 0.29) is 0 Å². The summed E-state index contributed by atoms with van der Waals surface area (Å²) in [6.45, 7) is 8.57. The highest BCUT2D eigenvalue weighted by Crippen LogP contribution is 2.47. The normalized spacial score (nSPS) is 15.2. The number of halogens is 2. The molecule has 0 spiro atoms. The number of fused-ring (bicyclic) bond motifs is 1. The molecule has 0 atom stereocenters. The highest BCUT2D eigenvalue weighted by atomic mass is 127.